The lowest BCUT2D eigenvalue weighted by molar-refractivity contribution is 0.0137. The lowest BCUT2D eigenvalue weighted by atomic mass is 9.97. The normalized spacial score (nSPS) is 15.4. The van der Waals surface area contributed by atoms with E-state index in [1.165, 1.54) is 22.9 Å². The van der Waals surface area contributed by atoms with Gasteiger partial charge in [0.15, 0.2) is 6.29 Å². The van der Waals surface area contributed by atoms with Gasteiger partial charge in [-0.3, -0.25) is 14.3 Å². The van der Waals surface area contributed by atoms with Crippen molar-refractivity contribution in [2.24, 2.45) is 5.73 Å². The number of hydrogen-bond acceptors (Lipinski definition) is 5. The molecule has 1 aliphatic rings. The van der Waals surface area contributed by atoms with E-state index in [1.807, 2.05) is 6.92 Å². The Morgan fingerprint density at radius 1 is 1.39 bits per heavy atom. The van der Waals surface area contributed by atoms with E-state index in [-0.39, 0.29) is 47.4 Å². The molecule has 1 aromatic heterocycles. The van der Waals surface area contributed by atoms with Gasteiger partial charge in [-0.05, 0) is 25.1 Å². The van der Waals surface area contributed by atoms with Crippen molar-refractivity contribution in [2.75, 3.05) is 20.3 Å². The summed E-state index contributed by atoms with van der Waals surface area (Å²) < 4.78 is 33.3. The molecule has 0 spiro atoms. The monoisotopic (exact) mass is 476 g/mol. The van der Waals surface area contributed by atoms with Crippen molar-refractivity contribution in [3.05, 3.63) is 50.8 Å². The molecule has 0 aliphatic carbocycles. The molecule has 1 aromatic carbocycles. The van der Waals surface area contributed by atoms with Crippen LogP contribution in [0, 0.1) is 0 Å². The number of aldehydes is 1. The zero-order chi connectivity index (χ0) is 23.1. The van der Waals surface area contributed by atoms with Crippen molar-refractivity contribution in [1.82, 2.24) is 14.7 Å². The molecular weight excluding hydrogens is 453 g/mol. The minimum absolute atomic E-state index is 0.139. The molecule has 11 heteroatoms. The van der Waals surface area contributed by atoms with E-state index in [1.54, 1.807) is 7.11 Å². The minimum atomic E-state index is -2.77. The minimum Gasteiger partial charge on any atom is -0.385 e. The van der Waals surface area contributed by atoms with Gasteiger partial charge >= 0.3 is 0 Å². The van der Waals surface area contributed by atoms with E-state index < -0.39 is 18.4 Å². The summed E-state index contributed by atoms with van der Waals surface area (Å²) in [5.41, 5.74) is 6.74. The highest BCUT2D eigenvalue weighted by Gasteiger charge is 2.39. The largest absolute Gasteiger partial charge is 0.385 e. The van der Waals surface area contributed by atoms with Crippen molar-refractivity contribution < 1.29 is 23.1 Å². The third kappa shape index (κ3) is 5.79. The van der Waals surface area contributed by atoms with Gasteiger partial charge in [0, 0.05) is 37.8 Å². The number of nitrogens with two attached hydrogens (primary N) is 1. The number of carbonyl (C=O) groups excluding carboxylic acids is 2. The van der Waals surface area contributed by atoms with E-state index in [2.05, 4.69) is 9.84 Å². The molecule has 1 atom stereocenters. The van der Waals surface area contributed by atoms with Crippen LogP contribution >= 0.6 is 23.2 Å². The van der Waals surface area contributed by atoms with Gasteiger partial charge in [-0.25, -0.2) is 8.78 Å². The maximum Gasteiger partial charge on any atom is 0.259 e. The van der Waals surface area contributed by atoms with Crippen LogP contribution in [0.15, 0.2) is 18.2 Å². The first-order chi connectivity index (χ1) is 14.8. The number of aromatic nitrogens is 2. The van der Waals surface area contributed by atoms with Crippen molar-refractivity contribution in [3.63, 3.8) is 0 Å². The number of hydrogen-bond donors (Lipinski definition) is 1. The van der Waals surface area contributed by atoms with Crippen LogP contribution in [0.5, 0.6) is 0 Å². The fraction of sp³-hybridized carbons (Fsp3) is 0.450. The third-order valence-corrected chi connectivity index (χ3v) is 5.51. The lowest BCUT2D eigenvalue weighted by Gasteiger charge is -2.34. The third-order valence-electron chi connectivity index (χ3n) is 4.77. The Labute approximate surface area is 189 Å². The molecule has 3 rings (SSSR count). The predicted molar refractivity (Wildman–Crippen MR) is 114 cm³/mol. The Bertz CT molecular complexity index is 922. The molecule has 170 valence electrons. The smallest absolute Gasteiger partial charge is 0.259 e. The summed E-state index contributed by atoms with van der Waals surface area (Å²) in [5.74, 6) is -0.618. The van der Waals surface area contributed by atoms with Crippen LogP contribution in [0.2, 0.25) is 10.0 Å². The number of fused-ring (bicyclic) bond motifs is 1. The van der Waals surface area contributed by atoms with Crippen LogP contribution in [-0.2, 0) is 24.2 Å². The van der Waals surface area contributed by atoms with Crippen LogP contribution in [0.4, 0.5) is 8.78 Å². The van der Waals surface area contributed by atoms with E-state index >= 15 is 0 Å². The first-order valence-corrected chi connectivity index (χ1v) is 10.3. The quantitative estimate of drug-likeness (QED) is 0.644. The van der Waals surface area contributed by atoms with Gasteiger partial charge < -0.3 is 15.4 Å². The van der Waals surface area contributed by atoms with Gasteiger partial charge in [0.25, 0.3) is 12.3 Å². The van der Waals surface area contributed by atoms with Gasteiger partial charge in [0.05, 0.1) is 34.9 Å². The summed E-state index contributed by atoms with van der Waals surface area (Å²) in [7, 11) is 1.68. The standard InChI is InChI=1S/C17H16Cl2F2N4O2.C3H8O/c18-11-2-1-9(5-12(11)19)17(27)24-7-10-13(6-14(24)16(20)21)23-25(4-3-22)15(10)8-26;1-3-4-2/h1-2,5,8,14,16H,3-4,6-7,22H2;3H2,1-2H3. The molecule has 2 N–H and O–H groups in total. The lowest BCUT2D eigenvalue weighted by Crippen LogP contribution is -2.48. The molecule has 2 heterocycles. The molecule has 0 saturated heterocycles. The highest BCUT2D eigenvalue weighted by atomic mass is 35.5. The molecule has 2 aromatic rings. The SMILES string of the molecule is CCOC.NCCn1nc2c(c1C=O)CN(C(=O)c1ccc(Cl)c(Cl)c1)C(C(F)F)C2. The number of halogens is 4. The van der Waals surface area contributed by atoms with Gasteiger partial charge in [-0.15, -0.1) is 0 Å². The summed E-state index contributed by atoms with van der Waals surface area (Å²) in [5, 5.41) is 4.64. The van der Waals surface area contributed by atoms with Gasteiger partial charge in [0.2, 0.25) is 0 Å². The molecule has 0 fully saturated rings. The Morgan fingerprint density at radius 2 is 2.06 bits per heavy atom. The molecule has 1 unspecified atom stereocenters. The van der Waals surface area contributed by atoms with Crippen LogP contribution in [0.3, 0.4) is 0 Å². The highest BCUT2D eigenvalue weighted by molar-refractivity contribution is 6.42. The van der Waals surface area contributed by atoms with Crippen molar-refractivity contribution in [1.29, 1.82) is 0 Å². The summed E-state index contributed by atoms with van der Waals surface area (Å²) >= 11 is 11.8. The summed E-state index contributed by atoms with van der Waals surface area (Å²) in [6.45, 7) is 3.15. The average Bonchev–Trinajstić information content (AvgIpc) is 3.10. The Morgan fingerprint density at radius 3 is 2.58 bits per heavy atom. The molecule has 0 radical (unpaired) electrons. The molecule has 1 aliphatic heterocycles. The Kier molecular flexibility index (Phi) is 9.36. The van der Waals surface area contributed by atoms with Crippen molar-refractivity contribution in [3.8, 4) is 0 Å². The molecule has 0 saturated carbocycles. The van der Waals surface area contributed by atoms with Gasteiger partial charge in [-0.2, -0.15) is 5.10 Å². The first-order valence-electron chi connectivity index (χ1n) is 9.55. The number of methoxy groups -OCH3 is 1. The molecule has 31 heavy (non-hydrogen) atoms. The average molecular weight is 477 g/mol. The van der Waals surface area contributed by atoms with Gasteiger partial charge in [-0.1, -0.05) is 23.2 Å². The number of ether oxygens (including phenoxy) is 1. The fourth-order valence-electron chi connectivity index (χ4n) is 3.16. The molecular formula is C20H24Cl2F2N4O3. The topological polar surface area (TPSA) is 90.4 Å². The number of nitrogens with zero attached hydrogens (tertiary/aromatic N) is 3. The molecule has 1 amide bonds. The molecule has 0 bridgehead atoms. The maximum atomic E-state index is 13.7. The number of benzene rings is 1. The van der Waals surface area contributed by atoms with Crippen LogP contribution in [0.1, 0.15) is 39.0 Å². The number of alkyl halides is 2. The number of carbonyl (C=O) groups is 2. The summed E-state index contributed by atoms with van der Waals surface area (Å²) in [4.78, 5) is 25.4. The summed E-state index contributed by atoms with van der Waals surface area (Å²) in [6, 6.07) is 2.83. The Balaban J connectivity index is 0.000000785. The zero-order valence-electron chi connectivity index (χ0n) is 17.2. The van der Waals surface area contributed by atoms with Crippen molar-refractivity contribution >= 4 is 35.4 Å². The predicted octanol–water partition coefficient (Wildman–Crippen LogP) is 3.45. The summed E-state index contributed by atoms with van der Waals surface area (Å²) in [6.07, 6.45) is -2.32. The van der Waals surface area contributed by atoms with Gasteiger partial charge in [0.1, 0.15) is 5.69 Å². The van der Waals surface area contributed by atoms with E-state index in [4.69, 9.17) is 28.9 Å². The fourth-order valence-corrected chi connectivity index (χ4v) is 3.46. The van der Waals surface area contributed by atoms with Crippen molar-refractivity contribution in [2.45, 2.75) is 38.9 Å². The van der Waals surface area contributed by atoms with E-state index in [9.17, 15) is 18.4 Å². The second kappa shape index (κ2) is 11.5. The number of amides is 1. The maximum absolute atomic E-state index is 13.7. The van der Waals surface area contributed by atoms with Crippen LogP contribution < -0.4 is 5.73 Å². The first kappa shape index (κ1) is 25.2. The second-order valence-corrected chi connectivity index (χ2v) is 7.50. The highest BCUT2D eigenvalue weighted by Crippen LogP contribution is 2.31. The van der Waals surface area contributed by atoms with E-state index in [0.717, 1.165) is 11.5 Å². The zero-order valence-corrected chi connectivity index (χ0v) is 18.7. The molecule has 7 nitrogen and oxygen atoms in total. The Hall–Kier alpha value is -2.07. The second-order valence-electron chi connectivity index (χ2n) is 6.69. The number of rotatable bonds is 6. The van der Waals surface area contributed by atoms with Crippen LogP contribution in [-0.4, -0.2) is 59.6 Å². The van der Waals surface area contributed by atoms with Crippen LogP contribution in [0.25, 0.3) is 0 Å². The van der Waals surface area contributed by atoms with E-state index in [0.29, 0.717) is 17.5 Å².